The molecule has 0 bridgehead atoms. The van der Waals surface area contributed by atoms with Crippen LogP contribution in [0.1, 0.15) is 16.1 Å². The number of ether oxygens (including phenoxy) is 1. The maximum absolute atomic E-state index is 12.1. The van der Waals surface area contributed by atoms with Gasteiger partial charge in [-0.3, -0.25) is 4.68 Å². The Bertz CT molecular complexity index is 827. The quantitative estimate of drug-likeness (QED) is 0.731. The van der Waals surface area contributed by atoms with Crippen LogP contribution in [0.25, 0.3) is 10.9 Å². The van der Waals surface area contributed by atoms with Gasteiger partial charge in [0.15, 0.2) is 5.69 Å². The summed E-state index contributed by atoms with van der Waals surface area (Å²) in [6.45, 7) is 0.261. The fraction of sp³-hybridized carbons (Fsp3) is 0.176. The van der Waals surface area contributed by atoms with Crippen LogP contribution in [0.3, 0.4) is 0 Å². The topological polar surface area (TPSA) is 64.3 Å². The van der Waals surface area contributed by atoms with Crippen LogP contribution in [0.5, 0.6) is 0 Å². The van der Waals surface area contributed by atoms with E-state index in [4.69, 9.17) is 21.4 Å². The lowest BCUT2D eigenvalue weighted by molar-refractivity contribution is 0.0428. The number of halogens is 1. The minimum absolute atomic E-state index is 0.0444. The summed E-state index contributed by atoms with van der Waals surface area (Å²) >= 11 is 5.90. The number of nitrogens with zero attached hydrogens (tertiary/aromatic N) is 2. The monoisotopic (exact) mass is 330 g/mol. The molecular formula is C17H15ClN2O3. The van der Waals surface area contributed by atoms with Gasteiger partial charge in [-0.1, -0.05) is 41.9 Å². The first kappa shape index (κ1) is 15.5. The van der Waals surface area contributed by atoms with Gasteiger partial charge >= 0.3 is 5.97 Å². The fourth-order valence-electron chi connectivity index (χ4n) is 2.37. The van der Waals surface area contributed by atoms with E-state index in [9.17, 15) is 4.79 Å². The van der Waals surface area contributed by atoms with Gasteiger partial charge in [0.05, 0.1) is 18.7 Å². The first-order valence-electron chi connectivity index (χ1n) is 7.17. The van der Waals surface area contributed by atoms with E-state index < -0.39 is 5.97 Å². The first-order valence-corrected chi connectivity index (χ1v) is 7.55. The molecular weight excluding hydrogens is 316 g/mol. The molecule has 1 N–H and O–H groups in total. The third-order valence-electron chi connectivity index (χ3n) is 3.42. The summed E-state index contributed by atoms with van der Waals surface area (Å²) in [7, 11) is 0. The largest absolute Gasteiger partial charge is 0.458 e. The van der Waals surface area contributed by atoms with Crippen LogP contribution >= 0.6 is 11.6 Å². The summed E-state index contributed by atoms with van der Waals surface area (Å²) in [5.41, 5.74) is 2.12. The molecule has 0 aliphatic rings. The molecule has 0 atom stereocenters. The van der Waals surface area contributed by atoms with Crippen LogP contribution in [0.15, 0.2) is 48.5 Å². The maximum atomic E-state index is 12.1. The molecule has 2 aromatic carbocycles. The number of aliphatic hydroxyl groups excluding tert-OH is 1. The van der Waals surface area contributed by atoms with E-state index >= 15 is 0 Å². The van der Waals surface area contributed by atoms with Crippen molar-refractivity contribution in [2.45, 2.75) is 6.54 Å². The SMILES string of the molecule is O=C(OCCO)c1nn(Cc2ccc(Cl)cc2)c2ccccc12. The second kappa shape index (κ2) is 6.81. The summed E-state index contributed by atoms with van der Waals surface area (Å²) in [6.07, 6.45) is 0. The van der Waals surface area contributed by atoms with Crippen LogP contribution in [0.2, 0.25) is 5.02 Å². The average Bonchev–Trinajstić information content (AvgIpc) is 2.94. The highest BCUT2D eigenvalue weighted by atomic mass is 35.5. The molecule has 23 heavy (non-hydrogen) atoms. The van der Waals surface area contributed by atoms with Crippen molar-refractivity contribution in [1.29, 1.82) is 0 Å². The Morgan fingerprint density at radius 3 is 2.65 bits per heavy atom. The normalized spacial score (nSPS) is 10.9. The molecule has 118 valence electrons. The van der Waals surface area contributed by atoms with Crippen molar-refractivity contribution in [2.75, 3.05) is 13.2 Å². The van der Waals surface area contributed by atoms with Crippen molar-refractivity contribution in [3.63, 3.8) is 0 Å². The molecule has 3 aromatic rings. The number of esters is 1. The zero-order valence-corrected chi connectivity index (χ0v) is 13.0. The lowest BCUT2D eigenvalue weighted by atomic mass is 10.2. The van der Waals surface area contributed by atoms with Gasteiger partial charge in [0, 0.05) is 10.4 Å². The number of hydrogen-bond donors (Lipinski definition) is 1. The highest BCUT2D eigenvalue weighted by Gasteiger charge is 2.18. The van der Waals surface area contributed by atoms with Gasteiger partial charge in [-0.25, -0.2) is 4.79 Å². The summed E-state index contributed by atoms with van der Waals surface area (Å²) in [6, 6.07) is 14.9. The predicted molar refractivity (Wildman–Crippen MR) is 87.7 cm³/mol. The van der Waals surface area contributed by atoms with E-state index in [2.05, 4.69) is 5.10 Å². The van der Waals surface area contributed by atoms with E-state index in [1.807, 2.05) is 48.5 Å². The molecule has 0 aliphatic carbocycles. The number of para-hydroxylation sites is 1. The van der Waals surface area contributed by atoms with Crippen molar-refractivity contribution in [2.24, 2.45) is 0 Å². The smallest absolute Gasteiger partial charge is 0.359 e. The number of hydrogen-bond acceptors (Lipinski definition) is 4. The Morgan fingerprint density at radius 1 is 1.17 bits per heavy atom. The van der Waals surface area contributed by atoms with Gasteiger partial charge in [0.1, 0.15) is 6.61 Å². The third-order valence-corrected chi connectivity index (χ3v) is 3.67. The van der Waals surface area contributed by atoms with Crippen LogP contribution < -0.4 is 0 Å². The van der Waals surface area contributed by atoms with Gasteiger partial charge in [-0.2, -0.15) is 5.10 Å². The number of benzene rings is 2. The summed E-state index contributed by atoms with van der Waals surface area (Å²) in [4.78, 5) is 12.1. The Morgan fingerprint density at radius 2 is 1.91 bits per heavy atom. The Kier molecular flexibility index (Phi) is 4.60. The standard InChI is InChI=1S/C17H15ClN2O3/c18-13-7-5-12(6-8-13)11-20-15-4-2-1-3-14(15)16(19-20)17(22)23-10-9-21/h1-8,21H,9-11H2. The van der Waals surface area contributed by atoms with E-state index in [1.165, 1.54) is 0 Å². The molecule has 0 aliphatic heterocycles. The van der Waals surface area contributed by atoms with E-state index in [1.54, 1.807) is 4.68 Å². The summed E-state index contributed by atoms with van der Waals surface area (Å²) in [5, 5.41) is 14.6. The Hall–Kier alpha value is -2.37. The summed E-state index contributed by atoms with van der Waals surface area (Å²) in [5.74, 6) is -0.537. The predicted octanol–water partition coefficient (Wildman–Crippen LogP) is 2.89. The zero-order chi connectivity index (χ0) is 16.2. The minimum Gasteiger partial charge on any atom is -0.458 e. The number of aromatic nitrogens is 2. The molecule has 0 radical (unpaired) electrons. The molecule has 5 nitrogen and oxygen atoms in total. The second-order valence-corrected chi connectivity index (χ2v) is 5.45. The molecule has 0 fully saturated rings. The van der Waals surface area contributed by atoms with Crippen LogP contribution in [-0.4, -0.2) is 34.1 Å². The van der Waals surface area contributed by atoms with Gasteiger partial charge < -0.3 is 9.84 Å². The molecule has 0 unspecified atom stereocenters. The summed E-state index contributed by atoms with van der Waals surface area (Å²) < 4.78 is 6.74. The molecule has 0 saturated carbocycles. The zero-order valence-electron chi connectivity index (χ0n) is 12.3. The van der Waals surface area contributed by atoms with Crippen molar-refractivity contribution in [3.05, 3.63) is 64.8 Å². The first-order chi connectivity index (χ1) is 11.2. The Balaban J connectivity index is 1.97. The second-order valence-electron chi connectivity index (χ2n) is 5.01. The average molecular weight is 331 g/mol. The van der Waals surface area contributed by atoms with Crippen molar-refractivity contribution < 1.29 is 14.6 Å². The highest BCUT2D eigenvalue weighted by molar-refractivity contribution is 6.30. The molecule has 0 amide bonds. The number of aliphatic hydroxyl groups is 1. The van der Waals surface area contributed by atoms with Crippen molar-refractivity contribution >= 4 is 28.5 Å². The maximum Gasteiger partial charge on any atom is 0.359 e. The van der Waals surface area contributed by atoms with Gasteiger partial charge in [0.25, 0.3) is 0 Å². The lowest BCUT2D eigenvalue weighted by Crippen LogP contribution is -2.11. The molecule has 0 spiro atoms. The van der Waals surface area contributed by atoms with Crippen LogP contribution in [-0.2, 0) is 11.3 Å². The molecule has 1 aromatic heterocycles. The fourth-order valence-corrected chi connectivity index (χ4v) is 2.49. The highest BCUT2D eigenvalue weighted by Crippen LogP contribution is 2.21. The van der Waals surface area contributed by atoms with E-state index in [0.29, 0.717) is 11.6 Å². The number of fused-ring (bicyclic) bond motifs is 1. The van der Waals surface area contributed by atoms with E-state index in [-0.39, 0.29) is 18.9 Å². The third kappa shape index (κ3) is 3.36. The van der Waals surface area contributed by atoms with Crippen LogP contribution in [0.4, 0.5) is 0 Å². The van der Waals surface area contributed by atoms with Gasteiger partial charge in [-0.05, 0) is 23.8 Å². The van der Waals surface area contributed by atoms with E-state index in [0.717, 1.165) is 16.5 Å². The number of carbonyl (C=O) groups excluding carboxylic acids is 1. The van der Waals surface area contributed by atoms with Crippen molar-refractivity contribution in [3.8, 4) is 0 Å². The molecule has 1 heterocycles. The molecule has 6 heteroatoms. The molecule has 0 saturated heterocycles. The molecule has 3 rings (SSSR count). The van der Waals surface area contributed by atoms with Crippen molar-refractivity contribution in [1.82, 2.24) is 9.78 Å². The minimum atomic E-state index is -0.537. The van der Waals surface area contributed by atoms with Gasteiger partial charge in [-0.15, -0.1) is 0 Å². The van der Waals surface area contributed by atoms with Crippen LogP contribution in [0, 0.1) is 0 Å². The number of rotatable bonds is 5. The number of carbonyl (C=O) groups is 1. The Labute approximate surface area is 138 Å². The van der Waals surface area contributed by atoms with Gasteiger partial charge in [0.2, 0.25) is 0 Å². The lowest BCUT2D eigenvalue weighted by Gasteiger charge is -2.04.